The van der Waals surface area contributed by atoms with E-state index >= 15 is 0 Å². The van der Waals surface area contributed by atoms with Gasteiger partial charge in [-0.3, -0.25) is 0 Å². The summed E-state index contributed by atoms with van der Waals surface area (Å²) in [6, 6.07) is 0. The van der Waals surface area contributed by atoms with E-state index in [-0.39, 0.29) is 0 Å². The Bertz CT molecular complexity index is 918. The normalized spacial score (nSPS) is 20.8. The van der Waals surface area contributed by atoms with Crippen molar-refractivity contribution >= 4 is 0 Å². The number of hydrogen-bond donors (Lipinski definition) is 1. The van der Waals surface area contributed by atoms with E-state index in [1.165, 1.54) is 106 Å². The van der Waals surface area contributed by atoms with Crippen molar-refractivity contribution in [2.24, 2.45) is 0 Å². The second kappa shape index (κ2) is 9.33. The molecule has 4 nitrogen and oxygen atoms in total. The van der Waals surface area contributed by atoms with E-state index in [4.69, 9.17) is 15.0 Å². The molecule has 0 radical (unpaired) electrons. The van der Waals surface area contributed by atoms with E-state index in [1.54, 1.807) is 0 Å². The SMILES string of the molecule is C(#Cc1nc(C2CCCCCCC2)c[nH]1)c1nc2c(c(C3CCCCC3)n1)CCC2. The number of aryl methyl sites for hydroxylation is 1. The van der Waals surface area contributed by atoms with Gasteiger partial charge in [0.2, 0.25) is 5.82 Å². The summed E-state index contributed by atoms with van der Waals surface area (Å²) in [6.45, 7) is 0. The third-order valence-corrected chi connectivity index (χ3v) is 7.37. The fraction of sp³-hybridized carbons (Fsp3) is 0.654. The van der Waals surface area contributed by atoms with E-state index in [0.717, 1.165) is 18.7 Å². The predicted octanol–water partition coefficient (Wildman–Crippen LogP) is 5.96. The third kappa shape index (κ3) is 4.46. The van der Waals surface area contributed by atoms with Gasteiger partial charge >= 0.3 is 0 Å². The minimum Gasteiger partial charge on any atom is -0.338 e. The zero-order valence-corrected chi connectivity index (χ0v) is 18.2. The molecule has 3 aliphatic carbocycles. The van der Waals surface area contributed by atoms with Gasteiger partial charge in [-0.1, -0.05) is 51.4 Å². The van der Waals surface area contributed by atoms with Crippen LogP contribution in [-0.4, -0.2) is 19.9 Å². The Balaban J connectivity index is 1.36. The monoisotopic (exact) mass is 402 g/mol. The number of aromatic amines is 1. The van der Waals surface area contributed by atoms with E-state index in [2.05, 4.69) is 23.0 Å². The molecule has 2 aromatic heterocycles. The molecule has 1 N–H and O–H groups in total. The summed E-state index contributed by atoms with van der Waals surface area (Å²) in [5.74, 6) is 9.13. The topological polar surface area (TPSA) is 54.5 Å². The van der Waals surface area contributed by atoms with Crippen LogP contribution in [0.5, 0.6) is 0 Å². The van der Waals surface area contributed by atoms with Crippen LogP contribution < -0.4 is 0 Å². The first-order chi connectivity index (χ1) is 14.9. The largest absolute Gasteiger partial charge is 0.338 e. The second-order valence-electron chi connectivity index (χ2n) is 9.51. The molecule has 2 fully saturated rings. The van der Waals surface area contributed by atoms with E-state index in [0.29, 0.717) is 17.7 Å². The third-order valence-electron chi connectivity index (χ3n) is 7.37. The summed E-state index contributed by atoms with van der Waals surface area (Å²) < 4.78 is 0. The lowest BCUT2D eigenvalue weighted by atomic mass is 9.85. The molecule has 0 atom stereocenters. The van der Waals surface area contributed by atoms with Gasteiger partial charge in [0.15, 0.2) is 5.82 Å². The van der Waals surface area contributed by atoms with Crippen molar-refractivity contribution < 1.29 is 0 Å². The molecule has 0 bridgehead atoms. The van der Waals surface area contributed by atoms with E-state index in [9.17, 15) is 0 Å². The Labute approximate surface area is 180 Å². The van der Waals surface area contributed by atoms with Gasteiger partial charge < -0.3 is 4.98 Å². The Morgan fingerprint density at radius 3 is 2.20 bits per heavy atom. The zero-order chi connectivity index (χ0) is 20.2. The van der Waals surface area contributed by atoms with Crippen molar-refractivity contribution in [3.8, 4) is 11.8 Å². The zero-order valence-electron chi connectivity index (χ0n) is 18.2. The second-order valence-corrected chi connectivity index (χ2v) is 9.51. The van der Waals surface area contributed by atoms with E-state index < -0.39 is 0 Å². The lowest BCUT2D eigenvalue weighted by Gasteiger charge is -2.23. The van der Waals surface area contributed by atoms with Gasteiger partial charge in [-0.05, 0) is 62.4 Å². The average molecular weight is 403 g/mol. The van der Waals surface area contributed by atoms with Gasteiger partial charge in [0.05, 0.1) is 11.4 Å². The molecule has 0 amide bonds. The van der Waals surface area contributed by atoms with Gasteiger partial charge in [0, 0.05) is 23.7 Å². The summed E-state index contributed by atoms with van der Waals surface area (Å²) in [5.41, 5.74) is 5.21. The predicted molar refractivity (Wildman–Crippen MR) is 120 cm³/mol. The van der Waals surface area contributed by atoms with Crippen molar-refractivity contribution in [3.05, 3.63) is 40.5 Å². The van der Waals surface area contributed by atoms with Crippen molar-refractivity contribution in [1.82, 2.24) is 19.9 Å². The molecule has 2 heterocycles. The van der Waals surface area contributed by atoms with Crippen LogP contribution in [0.4, 0.5) is 0 Å². The minimum atomic E-state index is 0.589. The fourth-order valence-corrected chi connectivity index (χ4v) is 5.71. The lowest BCUT2D eigenvalue weighted by molar-refractivity contribution is 0.433. The fourth-order valence-electron chi connectivity index (χ4n) is 5.71. The summed E-state index contributed by atoms with van der Waals surface area (Å²) in [7, 11) is 0. The number of fused-ring (bicyclic) bond motifs is 1. The van der Waals surface area contributed by atoms with Crippen molar-refractivity contribution in [2.45, 2.75) is 108 Å². The van der Waals surface area contributed by atoms with Crippen LogP contribution in [0.2, 0.25) is 0 Å². The molecule has 0 spiro atoms. The molecular weight excluding hydrogens is 368 g/mol. The first kappa shape index (κ1) is 19.8. The molecule has 4 heteroatoms. The molecule has 30 heavy (non-hydrogen) atoms. The molecule has 2 aromatic rings. The van der Waals surface area contributed by atoms with Crippen LogP contribution in [0.1, 0.15) is 130 Å². The Hall–Kier alpha value is -2.15. The highest BCUT2D eigenvalue weighted by Crippen LogP contribution is 2.36. The summed E-state index contributed by atoms with van der Waals surface area (Å²) in [5, 5.41) is 0. The molecule has 2 saturated carbocycles. The molecule has 3 aliphatic rings. The Morgan fingerprint density at radius 1 is 0.700 bits per heavy atom. The maximum Gasteiger partial charge on any atom is 0.205 e. The van der Waals surface area contributed by atoms with Crippen LogP contribution in [-0.2, 0) is 12.8 Å². The molecule has 0 aliphatic heterocycles. The highest BCUT2D eigenvalue weighted by atomic mass is 14.9. The number of nitrogens with zero attached hydrogens (tertiary/aromatic N) is 3. The van der Waals surface area contributed by atoms with E-state index in [1.807, 2.05) is 0 Å². The van der Waals surface area contributed by atoms with Gasteiger partial charge in [-0.15, -0.1) is 0 Å². The maximum atomic E-state index is 4.98. The van der Waals surface area contributed by atoms with Gasteiger partial charge in [0.1, 0.15) is 0 Å². The number of hydrogen-bond acceptors (Lipinski definition) is 3. The average Bonchev–Trinajstić information content (AvgIpc) is 3.42. The van der Waals surface area contributed by atoms with Gasteiger partial charge in [-0.25, -0.2) is 15.0 Å². The standard InChI is InChI=1S/C26H34N4/c1-2-5-10-19(11-6-3-1)23-18-27-24(29-23)16-17-25-28-22-15-9-14-21(22)26(30-25)20-12-7-4-8-13-20/h18-20H,1-15H2,(H,27,29). The number of H-pyrrole nitrogens is 1. The molecule has 5 rings (SSSR count). The Morgan fingerprint density at radius 2 is 1.40 bits per heavy atom. The molecule has 0 aromatic carbocycles. The quantitative estimate of drug-likeness (QED) is 0.630. The van der Waals surface area contributed by atoms with Crippen LogP contribution in [0, 0.1) is 11.8 Å². The molecule has 0 saturated heterocycles. The number of imidazole rings is 1. The molecule has 158 valence electrons. The molecule has 0 unspecified atom stereocenters. The first-order valence-corrected chi connectivity index (χ1v) is 12.3. The first-order valence-electron chi connectivity index (χ1n) is 12.3. The summed E-state index contributed by atoms with van der Waals surface area (Å²) in [4.78, 5) is 17.9. The smallest absolute Gasteiger partial charge is 0.205 e. The van der Waals surface area contributed by atoms with Crippen molar-refractivity contribution in [2.75, 3.05) is 0 Å². The summed E-state index contributed by atoms with van der Waals surface area (Å²) >= 11 is 0. The van der Waals surface area contributed by atoms with Crippen LogP contribution >= 0.6 is 0 Å². The Kier molecular flexibility index (Phi) is 6.16. The highest BCUT2D eigenvalue weighted by molar-refractivity contribution is 5.38. The van der Waals surface area contributed by atoms with Gasteiger partial charge in [-0.2, -0.15) is 0 Å². The number of nitrogens with one attached hydrogen (secondary N) is 1. The highest BCUT2D eigenvalue weighted by Gasteiger charge is 2.25. The number of aromatic nitrogens is 4. The lowest BCUT2D eigenvalue weighted by Crippen LogP contribution is -2.12. The van der Waals surface area contributed by atoms with Crippen LogP contribution in [0.15, 0.2) is 6.20 Å². The van der Waals surface area contributed by atoms with Crippen molar-refractivity contribution in [3.63, 3.8) is 0 Å². The maximum absolute atomic E-state index is 4.98. The van der Waals surface area contributed by atoms with Gasteiger partial charge in [0.25, 0.3) is 0 Å². The van der Waals surface area contributed by atoms with Crippen molar-refractivity contribution in [1.29, 1.82) is 0 Å². The molecular formula is C26H34N4. The summed E-state index contributed by atoms with van der Waals surface area (Å²) in [6.07, 6.45) is 21.4. The minimum absolute atomic E-state index is 0.589. The van der Waals surface area contributed by atoms with Crippen LogP contribution in [0.3, 0.4) is 0 Å². The number of rotatable bonds is 2. The van der Waals surface area contributed by atoms with Crippen LogP contribution in [0.25, 0.3) is 0 Å².